The van der Waals surface area contributed by atoms with Gasteiger partial charge in [-0.2, -0.15) is 5.26 Å². The first-order valence-electron chi connectivity index (χ1n) is 7.50. The lowest BCUT2D eigenvalue weighted by molar-refractivity contribution is -0.136. The molecule has 7 nitrogen and oxygen atoms in total. The minimum atomic E-state index is -0.933. The molecule has 0 aromatic heterocycles. The maximum atomic E-state index is 11.9. The Labute approximate surface area is 134 Å². The van der Waals surface area contributed by atoms with Gasteiger partial charge in [0.2, 0.25) is 0 Å². The molecule has 0 saturated carbocycles. The highest BCUT2D eigenvalue weighted by Gasteiger charge is 2.23. The maximum Gasteiger partial charge on any atom is 0.317 e. The minimum absolute atomic E-state index is 0.00649. The molecule has 0 spiro atoms. The summed E-state index contributed by atoms with van der Waals surface area (Å²) < 4.78 is 5.85. The van der Waals surface area contributed by atoms with Crippen LogP contribution >= 0.6 is 0 Å². The van der Waals surface area contributed by atoms with Crippen molar-refractivity contribution in [3.8, 4) is 11.8 Å². The number of nitrogens with zero attached hydrogens (tertiary/aromatic N) is 2. The van der Waals surface area contributed by atoms with E-state index in [2.05, 4.69) is 11.4 Å². The molecule has 1 aromatic rings. The van der Waals surface area contributed by atoms with Gasteiger partial charge in [0.05, 0.1) is 18.1 Å². The standard InChI is InChI=1S/C16H19N3O4/c17-11-12-2-1-3-14(10-12)23-13-5-8-19(9-6-13)16(22)18-7-4-15(20)21/h1-3,10,13H,4-9H2,(H,18,22)(H,20,21). The Morgan fingerprint density at radius 1 is 1.39 bits per heavy atom. The SMILES string of the molecule is N#Cc1cccc(OC2CCN(C(=O)NCCC(=O)O)CC2)c1. The lowest BCUT2D eigenvalue weighted by atomic mass is 10.1. The number of hydrogen-bond acceptors (Lipinski definition) is 4. The van der Waals surface area contributed by atoms with Gasteiger partial charge in [-0.15, -0.1) is 0 Å². The number of carbonyl (C=O) groups is 2. The van der Waals surface area contributed by atoms with Crippen molar-refractivity contribution in [3.05, 3.63) is 29.8 Å². The number of urea groups is 1. The van der Waals surface area contributed by atoms with Gasteiger partial charge >= 0.3 is 12.0 Å². The van der Waals surface area contributed by atoms with Gasteiger partial charge in [-0.25, -0.2) is 4.79 Å². The third kappa shape index (κ3) is 5.18. The zero-order chi connectivity index (χ0) is 16.7. The fraction of sp³-hybridized carbons (Fsp3) is 0.438. The number of aliphatic carboxylic acids is 1. The van der Waals surface area contributed by atoms with Crippen molar-refractivity contribution in [1.82, 2.24) is 10.2 Å². The Kier molecular flexibility index (Phi) is 5.80. The van der Waals surface area contributed by atoms with Crippen molar-refractivity contribution in [1.29, 1.82) is 5.26 Å². The van der Waals surface area contributed by atoms with Crippen molar-refractivity contribution in [2.75, 3.05) is 19.6 Å². The second-order valence-electron chi connectivity index (χ2n) is 5.32. The Morgan fingerprint density at radius 2 is 2.13 bits per heavy atom. The Hall–Kier alpha value is -2.75. The van der Waals surface area contributed by atoms with E-state index in [1.807, 2.05) is 6.07 Å². The summed E-state index contributed by atoms with van der Waals surface area (Å²) in [5.41, 5.74) is 0.553. The van der Waals surface area contributed by atoms with E-state index in [1.54, 1.807) is 23.1 Å². The van der Waals surface area contributed by atoms with Crippen LogP contribution in [0.3, 0.4) is 0 Å². The van der Waals surface area contributed by atoms with Crippen LogP contribution in [-0.2, 0) is 4.79 Å². The molecular weight excluding hydrogens is 298 g/mol. The van der Waals surface area contributed by atoms with E-state index in [0.29, 0.717) is 37.2 Å². The summed E-state index contributed by atoms with van der Waals surface area (Å²) in [6, 6.07) is 8.84. The van der Waals surface area contributed by atoms with E-state index >= 15 is 0 Å². The summed E-state index contributed by atoms with van der Waals surface area (Å²) in [6.07, 6.45) is 1.32. The lowest BCUT2D eigenvalue weighted by Crippen LogP contribution is -2.46. The van der Waals surface area contributed by atoms with Crippen LogP contribution in [0.4, 0.5) is 4.79 Å². The van der Waals surface area contributed by atoms with E-state index in [4.69, 9.17) is 15.1 Å². The van der Waals surface area contributed by atoms with Crippen LogP contribution < -0.4 is 10.1 Å². The van der Waals surface area contributed by atoms with Gasteiger partial charge < -0.3 is 20.1 Å². The Bertz CT molecular complexity index is 604. The van der Waals surface area contributed by atoms with Crippen molar-refractivity contribution >= 4 is 12.0 Å². The number of benzene rings is 1. The molecule has 2 N–H and O–H groups in total. The number of ether oxygens (including phenoxy) is 1. The monoisotopic (exact) mass is 317 g/mol. The molecule has 0 aliphatic carbocycles. The van der Waals surface area contributed by atoms with Crippen LogP contribution in [0, 0.1) is 11.3 Å². The summed E-state index contributed by atoms with van der Waals surface area (Å²) >= 11 is 0. The summed E-state index contributed by atoms with van der Waals surface area (Å²) in [6.45, 7) is 1.24. The van der Waals surface area contributed by atoms with Gasteiger partial charge in [-0.1, -0.05) is 6.07 Å². The zero-order valence-electron chi connectivity index (χ0n) is 12.7. The smallest absolute Gasteiger partial charge is 0.317 e. The third-order valence-corrected chi connectivity index (χ3v) is 3.61. The Balaban J connectivity index is 1.76. The molecule has 122 valence electrons. The molecule has 23 heavy (non-hydrogen) atoms. The van der Waals surface area contributed by atoms with Gasteiger partial charge in [0.15, 0.2) is 0 Å². The predicted molar refractivity (Wildman–Crippen MR) is 82.0 cm³/mol. The molecule has 2 amide bonds. The third-order valence-electron chi connectivity index (χ3n) is 3.61. The molecule has 1 fully saturated rings. The highest BCUT2D eigenvalue weighted by Crippen LogP contribution is 2.20. The van der Waals surface area contributed by atoms with Gasteiger partial charge in [0.25, 0.3) is 0 Å². The van der Waals surface area contributed by atoms with Gasteiger partial charge in [0.1, 0.15) is 11.9 Å². The molecule has 2 rings (SSSR count). The average Bonchev–Trinajstić information content (AvgIpc) is 2.55. The second-order valence-corrected chi connectivity index (χ2v) is 5.32. The van der Waals surface area contributed by atoms with Gasteiger partial charge in [-0.05, 0) is 18.2 Å². The maximum absolute atomic E-state index is 11.9. The first-order chi connectivity index (χ1) is 11.1. The van der Waals surface area contributed by atoms with E-state index in [9.17, 15) is 9.59 Å². The first-order valence-corrected chi connectivity index (χ1v) is 7.50. The fourth-order valence-electron chi connectivity index (χ4n) is 2.40. The summed E-state index contributed by atoms with van der Waals surface area (Å²) in [4.78, 5) is 24.0. The van der Waals surface area contributed by atoms with E-state index < -0.39 is 5.97 Å². The molecule has 0 bridgehead atoms. The van der Waals surface area contributed by atoms with Crippen LogP contribution in [0.25, 0.3) is 0 Å². The summed E-state index contributed by atoms with van der Waals surface area (Å²) in [5.74, 6) is -0.273. The molecule has 1 saturated heterocycles. The van der Waals surface area contributed by atoms with Gasteiger partial charge in [0, 0.05) is 32.5 Å². The van der Waals surface area contributed by atoms with Crippen molar-refractivity contribution in [3.63, 3.8) is 0 Å². The number of nitrogens with one attached hydrogen (secondary N) is 1. The first kappa shape index (κ1) is 16.6. The second kappa shape index (κ2) is 8.03. The van der Waals surface area contributed by atoms with Crippen molar-refractivity contribution < 1.29 is 19.4 Å². The zero-order valence-corrected chi connectivity index (χ0v) is 12.7. The molecule has 0 unspecified atom stereocenters. The normalized spacial score (nSPS) is 14.8. The minimum Gasteiger partial charge on any atom is -0.490 e. The molecule has 1 heterocycles. The number of carboxylic acid groups (broad SMARTS) is 1. The number of rotatable bonds is 5. The Morgan fingerprint density at radius 3 is 2.78 bits per heavy atom. The van der Waals surface area contributed by atoms with Crippen LogP contribution in [0.2, 0.25) is 0 Å². The number of nitriles is 1. The summed E-state index contributed by atoms with van der Waals surface area (Å²) in [5, 5.41) is 20.0. The number of piperidine rings is 1. The molecule has 0 radical (unpaired) electrons. The molecule has 1 aromatic carbocycles. The molecule has 1 aliphatic rings. The average molecular weight is 317 g/mol. The number of hydrogen-bond donors (Lipinski definition) is 2. The molecule has 7 heteroatoms. The molecular formula is C16H19N3O4. The highest BCUT2D eigenvalue weighted by molar-refractivity contribution is 5.75. The lowest BCUT2D eigenvalue weighted by Gasteiger charge is -2.32. The van der Waals surface area contributed by atoms with Gasteiger partial charge in [-0.3, -0.25) is 4.79 Å². The van der Waals surface area contributed by atoms with Crippen LogP contribution in [0.1, 0.15) is 24.8 Å². The largest absolute Gasteiger partial charge is 0.490 e. The van der Waals surface area contributed by atoms with Crippen molar-refractivity contribution in [2.45, 2.75) is 25.4 Å². The number of carboxylic acids is 1. The quantitative estimate of drug-likeness (QED) is 0.858. The number of amides is 2. The topological polar surface area (TPSA) is 103 Å². The van der Waals surface area contributed by atoms with Crippen LogP contribution in [0.5, 0.6) is 5.75 Å². The van der Waals surface area contributed by atoms with E-state index in [-0.39, 0.29) is 25.1 Å². The van der Waals surface area contributed by atoms with Crippen molar-refractivity contribution in [2.24, 2.45) is 0 Å². The van der Waals surface area contributed by atoms with E-state index in [1.165, 1.54) is 0 Å². The van der Waals surface area contributed by atoms with Crippen LogP contribution in [-0.4, -0.2) is 47.7 Å². The fourth-order valence-corrected chi connectivity index (χ4v) is 2.40. The molecule has 1 aliphatic heterocycles. The van der Waals surface area contributed by atoms with E-state index in [0.717, 1.165) is 0 Å². The predicted octanol–water partition coefficient (Wildman–Crippen LogP) is 1.59. The number of likely N-dealkylation sites (tertiary alicyclic amines) is 1. The number of carbonyl (C=O) groups excluding carboxylic acids is 1. The summed E-state index contributed by atoms with van der Waals surface area (Å²) in [7, 11) is 0. The molecule has 0 atom stereocenters. The highest BCUT2D eigenvalue weighted by atomic mass is 16.5. The van der Waals surface area contributed by atoms with Crippen LogP contribution in [0.15, 0.2) is 24.3 Å².